The Labute approximate surface area is 383 Å². The largest absolute Gasteiger partial charge is 0.497 e. The molecule has 65 heavy (non-hydrogen) atoms. The number of hydrogen-bond donors (Lipinski definition) is 2. The van der Waals surface area contributed by atoms with E-state index in [1.54, 1.807) is 81.8 Å². The molecule has 0 aliphatic heterocycles. The van der Waals surface area contributed by atoms with Gasteiger partial charge in [-0.15, -0.1) is 0 Å². The van der Waals surface area contributed by atoms with Crippen molar-refractivity contribution in [1.82, 2.24) is 14.1 Å². The molecule has 5 aromatic carbocycles. The fourth-order valence-corrected chi connectivity index (χ4v) is 7.86. The van der Waals surface area contributed by atoms with E-state index in [1.165, 1.54) is 31.5 Å². The molecule has 0 aliphatic carbocycles. The van der Waals surface area contributed by atoms with Crippen LogP contribution in [0.3, 0.4) is 0 Å². The number of nitrogens with one attached hydrogen (secondary N) is 2. The summed E-state index contributed by atoms with van der Waals surface area (Å²) in [5.41, 5.74) is 6.25. The standard InChI is InChI=1S/C25H20ClFN2O3.C25H22ClN3O4/c1-15-23(24(30)25(31)28-19-5-3-4-17(26)12-19)21-13-20(32-2)10-11-22(21)29(15)14-16-6-8-18(27)9-7-16;1-15-23(24(30)25(31)28-17-10-11-27-22(26)12-17)20-13-19(33-3)8-9-21(20)29(15)14-16-4-6-18(32-2)7-5-16/h3-13H,14H2,1-2H3,(H,28,31);4-13H,14H2,1-3H3,(H,27,28,31). The second-order valence-corrected chi connectivity index (χ2v) is 15.6. The maximum Gasteiger partial charge on any atom is 0.296 e. The van der Waals surface area contributed by atoms with Gasteiger partial charge >= 0.3 is 0 Å². The average Bonchev–Trinajstić information content (AvgIpc) is 3.73. The van der Waals surface area contributed by atoms with Crippen molar-refractivity contribution in [1.29, 1.82) is 0 Å². The molecule has 15 heteroatoms. The molecule has 12 nitrogen and oxygen atoms in total. The molecule has 8 rings (SSSR count). The summed E-state index contributed by atoms with van der Waals surface area (Å²) in [6.45, 7) is 4.56. The van der Waals surface area contributed by atoms with Crippen LogP contribution in [0.5, 0.6) is 17.2 Å². The van der Waals surface area contributed by atoms with Crippen LogP contribution in [0.25, 0.3) is 21.8 Å². The van der Waals surface area contributed by atoms with Crippen LogP contribution in [-0.4, -0.2) is 58.8 Å². The first-order chi connectivity index (χ1) is 31.3. The number of carbonyl (C=O) groups is 4. The van der Waals surface area contributed by atoms with Crippen molar-refractivity contribution in [3.05, 3.63) is 177 Å². The molecule has 2 amide bonds. The summed E-state index contributed by atoms with van der Waals surface area (Å²) < 4.78 is 33.2. The van der Waals surface area contributed by atoms with Gasteiger partial charge in [-0.05, 0) is 116 Å². The first-order valence-electron chi connectivity index (χ1n) is 20.1. The fourth-order valence-electron chi connectivity index (χ4n) is 7.49. The molecule has 0 radical (unpaired) electrons. The minimum absolute atomic E-state index is 0.220. The molecule has 0 spiro atoms. The van der Waals surface area contributed by atoms with Crippen molar-refractivity contribution < 1.29 is 37.8 Å². The Morgan fingerprint density at radius 3 is 1.51 bits per heavy atom. The summed E-state index contributed by atoms with van der Waals surface area (Å²) in [5.74, 6) is -1.22. The van der Waals surface area contributed by atoms with E-state index in [-0.39, 0.29) is 11.0 Å². The van der Waals surface area contributed by atoms with E-state index in [1.807, 2.05) is 58.5 Å². The van der Waals surface area contributed by atoms with Gasteiger partial charge in [0.2, 0.25) is 0 Å². The highest BCUT2D eigenvalue weighted by Gasteiger charge is 2.27. The van der Waals surface area contributed by atoms with Gasteiger partial charge < -0.3 is 34.0 Å². The number of benzene rings is 5. The third-order valence-corrected chi connectivity index (χ3v) is 11.2. The SMILES string of the molecule is COc1ccc(Cn2c(C)c(C(=O)C(=O)Nc3ccnc(Cl)c3)c3cc(OC)ccc32)cc1.COc1ccc2c(c1)c(C(=O)C(=O)Nc1cccc(Cl)c1)c(C)n2Cc1ccc(F)cc1. The zero-order valence-electron chi connectivity index (χ0n) is 35.9. The highest BCUT2D eigenvalue weighted by Crippen LogP contribution is 2.33. The minimum atomic E-state index is -0.765. The third kappa shape index (κ3) is 10.2. The second-order valence-electron chi connectivity index (χ2n) is 14.8. The lowest BCUT2D eigenvalue weighted by molar-refractivity contribution is -0.113. The van der Waals surface area contributed by atoms with Crippen LogP contribution in [0.4, 0.5) is 15.8 Å². The molecule has 2 N–H and O–H groups in total. The van der Waals surface area contributed by atoms with Gasteiger partial charge in [-0.1, -0.05) is 53.5 Å². The molecule has 0 atom stereocenters. The molecule has 3 heterocycles. The number of Topliss-reactive ketones (excluding diaryl/α,β-unsaturated/α-hetero) is 2. The highest BCUT2D eigenvalue weighted by molar-refractivity contribution is 6.49. The van der Waals surface area contributed by atoms with Crippen LogP contribution >= 0.6 is 23.2 Å². The quantitative estimate of drug-likeness (QED) is 0.0661. The molecular weight excluding hydrogens is 872 g/mol. The number of halogens is 3. The van der Waals surface area contributed by atoms with Gasteiger partial charge in [0, 0.05) is 68.9 Å². The van der Waals surface area contributed by atoms with E-state index < -0.39 is 23.4 Å². The first kappa shape index (κ1) is 45.5. The number of aromatic nitrogens is 3. The van der Waals surface area contributed by atoms with E-state index in [9.17, 15) is 23.6 Å². The number of ketones is 2. The van der Waals surface area contributed by atoms with E-state index in [2.05, 4.69) is 15.6 Å². The zero-order valence-corrected chi connectivity index (χ0v) is 37.4. The molecule has 0 fully saturated rings. The number of hydrogen-bond acceptors (Lipinski definition) is 8. The highest BCUT2D eigenvalue weighted by atomic mass is 35.5. The number of fused-ring (bicyclic) bond motifs is 2. The van der Waals surface area contributed by atoms with Gasteiger partial charge in [0.15, 0.2) is 0 Å². The zero-order chi connectivity index (χ0) is 46.4. The predicted octanol–water partition coefficient (Wildman–Crippen LogP) is 10.5. The Morgan fingerprint density at radius 2 is 1.05 bits per heavy atom. The van der Waals surface area contributed by atoms with E-state index in [4.69, 9.17) is 37.4 Å². The fraction of sp³-hybridized carbons (Fsp3) is 0.140. The van der Waals surface area contributed by atoms with Crippen molar-refractivity contribution in [3.8, 4) is 17.2 Å². The van der Waals surface area contributed by atoms with Gasteiger partial charge in [-0.3, -0.25) is 19.2 Å². The number of methoxy groups -OCH3 is 3. The van der Waals surface area contributed by atoms with Crippen LogP contribution in [0.1, 0.15) is 43.2 Å². The summed E-state index contributed by atoms with van der Waals surface area (Å²) in [6.07, 6.45) is 1.46. The Morgan fingerprint density at radius 1 is 0.585 bits per heavy atom. The molecule has 0 aliphatic rings. The summed E-state index contributed by atoms with van der Waals surface area (Å²) >= 11 is 11.9. The summed E-state index contributed by atoms with van der Waals surface area (Å²) in [6, 6.07) is 34.4. The monoisotopic (exact) mass is 913 g/mol. The van der Waals surface area contributed by atoms with Crippen LogP contribution in [0.2, 0.25) is 10.2 Å². The lowest BCUT2D eigenvalue weighted by Crippen LogP contribution is -2.23. The number of nitrogens with zero attached hydrogens (tertiary/aromatic N) is 3. The van der Waals surface area contributed by atoms with Crippen LogP contribution < -0.4 is 24.8 Å². The maximum atomic E-state index is 13.3. The van der Waals surface area contributed by atoms with Crippen molar-refractivity contribution in [3.63, 3.8) is 0 Å². The van der Waals surface area contributed by atoms with Gasteiger partial charge in [-0.25, -0.2) is 9.37 Å². The number of anilines is 2. The second kappa shape index (κ2) is 19.9. The maximum absolute atomic E-state index is 13.3. The van der Waals surface area contributed by atoms with Crippen molar-refractivity contribution in [2.24, 2.45) is 0 Å². The van der Waals surface area contributed by atoms with E-state index in [0.717, 1.165) is 27.9 Å². The third-order valence-electron chi connectivity index (χ3n) is 10.7. The number of rotatable bonds is 13. The number of pyridine rings is 1. The van der Waals surface area contributed by atoms with Gasteiger partial charge in [0.05, 0.1) is 32.5 Å². The first-order valence-corrected chi connectivity index (χ1v) is 20.8. The Balaban J connectivity index is 0.000000194. The van der Waals surface area contributed by atoms with Crippen LogP contribution in [0.15, 0.2) is 128 Å². The lowest BCUT2D eigenvalue weighted by atomic mass is 10.1. The molecule has 0 saturated heterocycles. The number of ether oxygens (including phenoxy) is 3. The summed E-state index contributed by atoms with van der Waals surface area (Å²) in [7, 11) is 4.72. The van der Waals surface area contributed by atoms with Gasteiger partial charge in [0.1, 0.15) is 28.2 Å². The molecule has 0 saturated carbocycles. The topological polar surface area (TPSA) is 143 Å². The van der Waals surface area contributed by atoms with Crippen LogP contribution in [0, 0.1) is 19.7 Å². The number of amides is 2. The molecule has 0 bridgehead atoms. The normalized spacial score (nSPS) is 10.8. The Bertz CT molecular complexity index is 3090. The van der Waals surface area contributed by atoms with Gasteiger partial charge in [-0.2, -0.15) is 0 Å². The van der Waals surface area contributed by atoms with E-state index >= 15 is 0 Å². The summed E-state index contributed by atoms with van der Waals surface area (Å²) in [5, 5.41) is 7.14. The molecular formula is C50H42Cl2FN5O7. The molecule has 0 unspecified atom stereocenters. The number of carbonyl (C=O) groups excluding carboxylic acids is 4. The smallest absolute Gasteiger partial charge is 0.296 e. The van der Waals surface area contributed by atoms with Crippen molar-refractivity contribution in [2.45, 2.75) is 26.9 Å². The molecule has 8 aromatic rings. The average molecular weight is 915 g/mol. The molecule has 3 aromatic heterocycles. The Kier molecular flexibility index (Phi) is 14.0. The Hall–Kier alpha value is -7.48. The minimum Gasteiger partial charge on any atom is -0.497 e. The lowest BCUT2D eigenvalue weighted by Gasteiger charge is -2.10. The van der Waals surface area contributed by atoms with Crippen LogP contribution in [-0.2, 0) is 22.7 Å². The van der Waals surface area contributed by atoms with E-state index in [0.29, 0.717) is 74.3 Å². The van der Waals surface area contributed by atoms with Crippen molar-refractivity contribution >= 4 is 79.8 Å². The summed E-state index contributed by atoms with van der Waals surface area (Å²) in [4.78, 5) is 56.0. The molecule has 330 valence electrons. The van der Waals surface area contributed by atoms with Crippen molar-refractivity contribution in [2.75, 3.05) is 32.0 Å². The predicted molar refractivity (Wildman–Crippen MR) is 251 cm³/mol. The van der Waals surface area contributed by atoms with Gasteiger partial charge in [0.25, 0.3) is 23.4 Å².